The van der Waals surface area contributed by atoms with Crippen molar-refractivity contribution in [3.8, 4) is 0 Å². The van der Waals surface area contributed by atoms with Gasteiger partial charge in [-0.15, -0.1) is 0 Å². The Kier molecular flexibility index (Phi) is 11.3. The van der Waals surface area contributed by atoms with Crippen LogP contribution in [0.15, 0.2) is 0 Å². The first-order valence-electron chi connectivity index (χ1n) is 18.4. The molecule has 0 aromatic heterocycles. The Balaban J connectivity index is 1.21. The SMILES string of the molecule is C1CCC(P(C2CCCCC2)C2CCCC(C3CCCCC3P(C3CCCCC3)C3CCCCC3)C2)CC1. The maximum Gasteiger partial charge on any atom is -0.0173 e. The van der Waals surface area contributed by atoms with Gasteiger partial charge in [0.1, 0.15) is 0 Å². The predicted molar refractivity (Wildman–Crippen MR) is 173 cm³/mol. The fourth-order valence-corrected chi connectivity index (χ4v) is 20.8. The van der Waals surface area contributed by atoms with E-state index in [1.165, 1.54) is 34.0 Å². The van der Waals surface area contributed by atoms with Gasteiger partial charge in [0.05, 0.1) is 0 Å². The Morgan fingerprint density at radius 1 is 0.289 bits per heavy atom. The summed E-state index contributed by atoms with van der Waals surface area (Å²) in [6, 6.07) is 0. The lowest BCUT2D eigenvalue weighted by atomic mass is 9.73. The van der Waals surface area contributed by atoms with Crippen molar-refractivity contribution in [1.29, 1.82) is 0 Å². The molecule has 0 amide bonds. The third-order valence-corrected chi connectivity index (χ3v) is 21.0. The van der Waals surface area contributed by atoms with E-state index in [0.29, 0.717) is 0 Å². The van der Waals surface area contributed by atoms with E-state index < -0.39 is 0 Å². The molecule has 218 valence electrons. The molecule has 0 aliphatic heterocycles. The van der Waals surface area contributed by atoms with Crippen molar-refractivity contribution in [3.63, 3.8) is 0 Å². The molecule has 0 heterocycles. The lowest BCUT2D eigenvalue weighted by Crippen LogP contribution is -2.39. The van der Waals surface area contributed by atoms with Crippen molar-refractivity contribution in [1.82, 2.24) is 0 Å². The van der Waals surface area contributed by atoms with E-state index in [0.717, 1.165) is 11.8 Å². The molecular formula is C36H64P2. The van der Waals surface area contributed by atoms with Gasteiger partial charge in [0.25, 0.3) is 0 Å². The first-order chi connectivity index (χ1) is 18.9. The predicted octanol–water partition coefficient (Wildman–Crippen LogP) is 12.4. The van der Waals surface area contributed by atoms with Gasteiger partial charge in [0, 0.05) is 0 Å². The van der Waals surface area contributed by atoms with Crippen molar-refractivity contribution in [2.24, 2.45) is 11.8 Å². The first-order valence-corrected chi connectivity index (χ1v) is 21.5. The molecule has 0 bridgehead atoms. The third kappa shape index (κ3) is 7.07. The van der Waals surface area contributed by atoms with Crippen molar-refractivity contribution in [2.75, 3.05) is 0 Å². The number of hydrogen-bond donors (Lipinski definition) is 0. The molecule has 4 unspecified atom stereocenters. The van der Waals surface area contributed by atoms with E-state index in [2.05, 4.69) is 0 Å². The molecule has 0 saturated heterocycles. The zero-order valence-electron chi connectivity index (χ0n) is 25.3. The molecule has 6 saturated carbocycles. The zero-order chi connectivity index (χ0) is 25.6. The Morgan fingerprint density at radius 3 is 1.18 bits per heavy atom. The van der Waals surface area contributed by atoms with E-state index in [4.69, 9.17) is 0 Å². The van der Waals surface area contributed by atoms with Gasteiger partial charge in [0.2, 0.25) is 0 Å². The molecule has 6 fully saturated rings. The van der Waals surface area contributed by atoms with E-state index in [1.807, 2.05) is 0 Å². The molecule has 6 aliphatic rings. The quantitative estimate of drug-likeness (QED) is 0.273. The van der Waals surface area contributed by atoms with Crippen LogP contribution in [-0.2, 0) is 0 Å². The minimum Gasteiger partial charge on any atom is -0.0971 e. The molecule has 0 nitrogen and oxygen atoms in total. The highest BCUT2D eigenvalue weighted by molar-refractivity contribution is 7.60. The average Bonchev–Trinajstić information content (AvgIpc) is 3.00. The van der Waals surface area contributed by atoms with Crippen molar-refractivity contribution >= 4 is 15.8 Å². The topological polar surface area (TPSA) is 0 Å². The van der Waals surface area contributed by atoms with Crippen LogP contribution in [0.25, 0.3) is 0 Å². The molecule has 38 heavy (non-hydrogen) atoms. The molecule has 6 aliphatic carbocycles. The maximum atomic E-state index is 1.71. The van der Waals surface area contributed by atoms with Crippen molar-refractivity contribution < 1.29 is 0 Å². The standard InChI is InChI=1S/C36H64P2/c1-5-17-30(18-6-1)37(31-19-7-2-8-20-31)34-25-15-16-29(28-34)35-26-13-14-27-36(35)38(32-21-9-3-10-22-32)33-23-11-4-12-24-33/h29-36H,1-28H2. The highest BCUT2D eigenvalue weighted by Gasteiger charge is 2.45. The van der Waals surface area contributed by atoms with Crippen LogP contribution < -0.4 is 0 Å². The monoisotopic (exact) mass is 558 g/mol. The van der Waals surface area contributed by atoms with Crippen LogP contribution >= 0.6 is 15.8 Å². The minimum absolute atomic E-state index is 0.272. The van der Waals surface area contributed by atoms with Crippen LogP contribution in [0.5, 0.6) is 0 Å². The van der Waals surface area contributed by atoms with Gasteiger partial charge >= 0.3 is 0 Å². The molecule has 0 N–H and O–H groups in total. The molecule has 2 heteroatoms. The molecule has 0 spiro atoms. The fourth-order valence-electron chi connectivity index (χ4n) is 11.2. The molecular weight excluding hydrogens is 494 g/mol. The smallest absolute Gasteiger partial charge is 0.0173 e. The highest BCUT2D eigenvalue weighted by Crippen LogP contribution is 2.66. The largest absolute Gasteiger partial charge is 0.0971 e. The normalized spacial score (nSPS) is 36.2. The molecule has 6 rings (SSSR count). The Morgan fingerprint density at radius 2 is 0.684 bits per heavy atom. The Bertz CT molecular complexity index is 631. The maximum absolute atomic E-state index is 1.71. The summed E-state index contributed by atoms with van der Waals surface area (Å²) in [5.41, 5.74) is 7.06. The molecule has 4 atom stereocenters. The summed E-state index contributed by atoms with van der Waals surface area (Å²) in [5, 5.41) is 0. The summed E-state index contributed by atoms with van der Waals surface area (Å²) in [6.45, 7) is 0. The van der Waals surface area contributed by atoms with Gasteiger partial charge in [-0.25, -0.2) is 0 Å². The summed E-state index contributed by atoms with van der Waals surface area (Å²) in [4.78, 5) is 0. The third-order valence-electron chi connectivity index (χ3n) is 12.9. The number of rotatable bonds is 7. The van der Waals surface area contributed by atoms with E-state index >= 15 is 0 Å². The fraction of sp³-hybridized carbons (Fsp3) is 1.00. The summed E-state index contributed by atoms with van der Waals surface area (Å²) < 4.78 is 0. The van der Waals surface area contributed by atoms with Crippen LogP contribution in [0.2, 0.25) is 0 Å². The van der Waals surface area contributed by atoms with Crippen LogP contribution in [0, 0.1) is 11.8 Å². The lowest BCUT2D eigenvalue weighted by Gasteiger charge is -2.51. The zero-order valence-corrected chi connectivity index (χ0v) is 27.1. The van der Waals surface area contributed by atoms with Gasteiger partial charge in [-0.1, -0.05) is 119 Å². The molecule has 0 aromatic rings. The lowest BCUT2D eigenvalue weighted by molar-refractivity contribution is 0.200. The van der Waals surface area contributed by atoms with Crippen LogP contribution in [0.1, 0.15) is 180 Å². The van der Waals surface area contributed by atoms with E-state index in [-0.39, 0.29) is 15.8 Å². The van der Waals surface area contributed by atoms with Crippen LogP contribution in [0.4, 0.5) is 0 Å². The molecule has 0 radical (unpaired) electrons. The van der Waals surface area contributed by atoms with Crippen LogP contribution in [0.3, 0.4) is 0 Å². The highest BCUT2D eigenvalue weighted by atomic mass is 31.1. The Labute approximate surface area is 240 Å². The second-order valence-electron chi connectivity index (χ2n) is 15.2. The average molecular weight is 559 g/mol. The van der Waals surface area contributed by atoms with E-state index in [1.54, 1.807) is 180 Å². The Hall–Kier alpha value is 0.860. The summed E-state index contributed by atoms with van der Waals surface area (Å²) in [6.07, 6.45) is 44.9. The summed E-state index contributed by atoms with van der Waals surface area (Å²) >= 11 is 0. The summed E-state index contributed by atoms with van der Waals surface area (Å²) in [7, 11) is 0.561. The second-order valence-corrected chi connectivity index (χ2v) is 21.3. The number of hydrogen-bond acceptors (Lipinski definition) is 0. The van der Waals surface area contributed by atoms with E-state index in [9.17, 15) is 0 Å². The van der Waals surface area contributed by atoms with Gasteiger partial charge < -0.3 is 0 Å². The van der Waals surface area contributed by atoms with Gasteiger partial charge in [-0.3, -0.25) is 0 Å². The first kappa shape index (κ1) is 29.0. The van der Waals surface area contributed by atoms with Gasteiger partial charge in [-0.05, 0) is 123 Å². The van der Waals surface area contributed by atoms with Gasteiger partial charge in [0.15, 0.2) is 0 Å². The van der Waals surface area contributed by atoms with Crippen molar-refractivity contribution in [3.05, 3.63) is 0 Å². The van der Waals surface area contributed by atoms with Crippen molar-refractivity contribution in [2.45, 2.75) is 214 Å². The summed E-state index contributed by atoms with van der Waals surface area (Å²) in [5.74, 6) is 2.28. The van der Waals surface area contributed by atoms with Crippen LogP contribution in [-0.4, -0.2) is 34.0 Å². The molecule has 0 aromatic carbocycles. The minimum atomic E-state index is 0.272. The second kappa shape index (κ2) is 14.8. The van der Waals surface area contributed by atoms with Gasteiger partial charge in [-0.2, -0.15) is 0 Å².